The molecule has 1 aliphatic carbocycles. The summed E-state index contributed by atoms with van der Waals surface area (Å²) in [6, 6.07) is 7.58. The summed E-state index contributed by atoms with van der Waals surface area (Å²) in [5, 5.41) is 11.3. The maximum absolute atomic E-state index is 13.5. The normalized spacial score (nSPS) is 14.7. The van der Waals surface area contributed by atoms with Crippen LogP contribution in [0.5, 0.6) is 0 Å². The highest BCUT2D eigenvalue weighted by Gasteiger charge is 2.17. The summed E-state index contributed by atoms with van der Waals surface area (Å²) in [5.41, 5.74) is 3.07. The molecule has 1 saturated carbocycles. The van der Waals surface area contributed by atoms with E-state index >= 15 is 0 Å². The smallest absolute Gasteiger partial charge is 0.191 e. The molecular formula is C21H31FIN5S. The molecule has 0 radical (unpaired) electrons. The summed E-state index contributed by atoms with van der Waals surface area (Å²) in [6.07, 6.45) is 9.18. The summed E-state index contributed by atoms with van der Waals surface area (Å²) in [6.45, 7) is 3.97. The quantitative estimate of drug-likeness (QED) is 0.290. The van der Waals surface area contributed by atoms with E-state index in [2.05, 4.69) is 32.6 Å². The lowest BCUT2D eigenvalue weighted by Gasteiger charge is -2.12. The van der Waals surface area contributed by atoms with Crippen LogP contribution in [0.25, 0.3) is 0 Å². The Morgan fingerprint density at radius 1 is 1.24 bits per heavy atom. The molecule has 1 aliphatic rings. The molecule has 0 saturated heterocycles. The first-order valence-corrected chi connectivity index (χ1v) is 11.4. The van der Waals surface area contributed by atoms with Crippen molar-refractivity contribution < 1.29 is 4.39 Å². The van der Waals surface area contributed by atoms with Crippen molar-refractivity contribution in [3.8, 4) is 0 Å². The van der Waals surface area contributed by atoms with Crippen LogP contribution in [-0.2, 0) is 18.8 Å². The number of aliphatic imine (C=N–C) groups is 1. The minimum absolute atomic E-state index is 0. The number of thioether (sulfide) groups is 1. The SMILES string of the molecule is CCNC(=NCc1ccc(F)cc1CSC)NCc1ccn(C2CCCC2)n1.I. The van der Waals surface area contributed by atoms with E-state index in [1.54, 1.807) is 17.8 Å². The van der Waals surface area contributed by atoms with Gasteiger partial charge in [-0.3, -0.25) is 4.68 Å². The van der Waals surface area contributed by atoms with Crippen LogP contribution in [0.2, 0.25) is 0 Å². The zero-order valence-corrected chi connectivity index (χ0v) is 20.3. The van der Waals surface area contributed by atoms with Crippen molar-refractivity contribution in [2.75, 3.05) is 12.8 Å². The Balaban J connectivity index is 0.00000300. The summed E-state index contributed by atoms with van der Waals surface area (Å²) in [5.74, 6) is 1.34. The predicted octanol–water partition coefficient (Wildman–Crippen LogP) is 4.87. The molecule has 0 atom stereocenters. The van der Waals surface area contributed by atoms with Gasteiger partial charge in [0.1, 0.15) is 5.82 Å². The Kier molecular flexibility index (Phi) is 10.3. The first-order chi connectivity index (χ1) is 13.7. The van der Waals surface area contributed by atoms with Gasteiger partial charge < -0.3 is 10.6 Å². The molecule has 2 N–H and O–H groups in total. The Labute approximate surface area is 194 Å². The third-order valence-corrected chi connectivity index (χ3v) is 5.62. The molecule has 1 aromatic carbocycles. The van der Waals surface area contributed by atoms with Crippen molar-refractivity contribution in [2.45, 2.75) is 57.5 Å². The lowest BCUT2D eigenvalue weighted by molar-refractivity contribution is 0.462. The maximum Gasteiger partial charge on any atom is 0.191 e. The van der Waals surface area contributed by atoms with E-state index in [-0.39, 0.29) is 29.8 Å². The third-order valence-electron chi connectivity index (χ3n) is 5.02. The van der Waals surface area contributed by atoms with Crippen molar-refractivity contribution >= 4 is 41.7 Å². The number of rotatable bonds is 8. The highest BCUT2D eigenvalue weighted by Crippen LogP contribution is 2.28. The van der Waals surface area contributed by atoms with Gasteiger partial charge in [-0.2, -0.15) is 16.9 Å². The third kappa shape index (κ3) is 7.16. The van der Waals surface area contributed by atoms with Crippen LogP contribution < -0.4 is 10.6 Å². The molecule has 0 aliphatic heterocycles. The largest absolute Gasteiger partial charge is 0.357 e. The number of guanidine groups is 1. The predicted molar refractivity (Wildman–Crippen MR) is 130 cm³/mol. The zero-order chi connectivity index (χ0) is 19.8. The molecule has 2 aromatic rings. The number of hydrogen-bond acceptors (Lipinski definition) is 3. The average molecular weight is 531 g/mol. The lowest BCUT2D eigenvalue weighted by Crippen LogP contribution is -2.37. The van der Waals surface area contributed by atoms with Crippen molar-refractivity contribution in [2.24, 2.45) is 4.99 Å². The fourth-order valence-corrected chi connectivity index (χ4v) is 4.14. The Morgan fingerprint density at radius 2 is 2.03 bits per heavy atom. The van der Waals surface area contributed by atoms with Gasteiger partial charge in [-0.25, -0.2) is 9.38 Å². The van der Waals surface area contributed by atoms with Gasteiger partial charge in [-0.15, -0.1) is 24.0 Å². The summed E-state index contributed by atoms with van der Waals surface area (Å²) in [7, 11) is 0. The number of nitrogens with zero attached hydrogens (tertiary/aromatic N) is 3. The van der Waals surface area contributed by atoms with E-state index in [1.807, 2.05) is 19.2 Å². The number of hydrogen-bond donors (Lipinski definition) is 2. The Bertz CT molecular complexity index is 789. The maximum atomic E-state index is 13.5. The minimum Gasteiger partial charge on any atom is -0.357 e. The number of aromatic nitrogens is 2. The van der Waals surface area contributed by atoms with Gasteiger partial charge in [0.2, 0.25) is 0 Å². The van der Waals surface area contributed by atoms with Crippen LogP contribution >= 0.6 is 35.7 Å². The molecule has 0 spiro atoms. The van der Waals surface area contributed by atoms with E-state index in [1.165, 1.54) is 31.7 Å². The molecule has 0 bridgehead atoms. The molecule has 5 nitrogen and oxygen atoms in total. The van der Waals surface area contributed by atoms with Crippen LogP contribution in [0.3, 0.4) is 0 Å². The van der Waals surface area contributed by atoms with Crippen molar-refractivity contribution in [3.63, 3.8) is 0 Å². The van der Waals surface area contributed by atoms with E-state index < -0.39 is 0 Å². The molecule has 29 heavy (non-hydrogen) atoms. The van der Waals surface area contributed by atoms with Crippen LogP contribution in [0.4, 0.5) is 4.39 Å². The van der Waals surface area contributed by atoms with Gasteiger partial charge in [0.25, 0.3) is 0 Å². The molecule has 0 amide bonds. The minimum atomic E-state index is -0.195. The van der Waals surface area contributed by atoms with Crippen LogP contribution in [0.1, 0.15) is 55.5 Å². The number of halogens is 2. The highest BCUT2D eigenvalue weighted by molar-refractivity contribution is 14.0. The van der Waals surface area contributed by atoms with Gasteiger partial charge in [0.15, 0.2) is 5.96 Å². The Hall–Kier alpha value is -1.29. The lowest BCUT2D eigenvalue weighted by atomic mass is 10.1. The van der Waals surface area contributed by atoms with Crippen molar-refractivity contribution in [1.29, 1.82) is 0 Å². The average Bonchev–Trinajstić information content (AvgIpc) is 3.37. The van der Waals surface area contributed by atoms with Gasteiger partial charge in [0.05, 0.1) is 24.8 Å². The van der Waals surface area contributed by atoms with E-state index in [0.717, 1.165) is 35.1 Å². The van der Waals surface area contributed by atoms with E-state index in [4.69, 9.17) is 5.10 Å². The summed E-state index contributed by atoms with van der Waals surface area (Å²) in [4.78, 5) is 4.68. The molecule has 1 heterocycles. The fraction of sp³-hybridized carbons (Fsp3) is 0.524. The summed E-state index contributed by atoms with van der Waals surface area (Å²) >= 11 is 1.69. The van der Waals surface area contributed by atoms with Crippen LogP contribution in [0.15, 0.2) is 35.5 Å². The van der Waals surface area contributed by atoms with Gasteiger partial charge >= 0.3 is 0 Å². The first-order valence-electron chi connectivity index (χ1n) is 10.0. The van der Waals surface area contributed by atoms with E-state index in [0.29, 0.717) is 19.1 Å². The summed E-state index contributed by atoms with van der Waals surface area (Å²) < 4.78 is 15.6. The van der Waals surface area contributed by atoms with Crippen LogP contribution in [0, 0.1) is 5.82 Å². The molecule has 8 heteroatoms. The van der Waals surface area contributed by atoms with Crippen molar-refractivity contribution in [3.05, 3.63) is 53.1 Å². The van der Waals surface area contributed by atoms with Crippen molar-refractivity contribution in [1.82, 2.24) is 20.4 Å². The molecule has 1 aromatic heterocycles. The molecular weight excluding hydrogens is 500 g/mol. The molecule has 1 fully saturated rings. The molecule has 3 rings (SSSR count). The van der Waals surface area contributed by atoms with Gasteiger partial charge in [0, 0.05) is 18.5 Å². The number of nitrogens with one attached hydrogen (secondary N) is 2. The monoisotopic (exact) mass is 531 g/mol. The first kappa shape index (κ1) is 24.0. The van der Waals surface area contributed by atoms with Gasteiger partial charge in [-0.1, -0.05) is 18.9 Å². The molecule has 160 valence electrons. The second kappa shape index (κ2) is 12.4. The second-order valence-electron chi connectivity index (χ2n) is 7.12. The Morgan fingerprint density at radius 3 is 2.76 bits per heavy atom. The standard InChI is InChI=1S/C21H30FN5S.HI/c1-3-23-21(24-13-16-8-9-18(22)12-17(16)15-28-2)25-14-19-10-11-27(26-19)20-6-4-5-7-20;/h8-12,20H,3-7,13-15H2,1-2H3,(H2,23,24,25);1H. The van der Waals surface area contributed by atoms with Gasteiger partial charge in [-0.05, 0) is 55.3 Å². The highest BCUT2D eigenvalue weighted by atomic mass is 127. The second-order valence-corrected chi connectivity index (χ2v) is 7.99. The van der Waals surface area contributed by atoms with Crippen LogP contribution in [-0.4, -0.2) is 28.5 Å². The van der Waals surface area contributed by atoms with E-state index in [9.17, 15) is 4.39 Å². The topological polar surface area (TPSA) is 54.2 Å². The zero-order valence-electron chi connectivity index (χ0n) is 17.2. The fourth-order valence-electron chi connectivity index (χ4n) is 3.56. The molecule has 0 unspecified atom stereocenters. The number of benzene rings is 1.